The van der Waals surface area contributed by atoms with E-state index in [1.54, 1.807) is 0 Å². The van der Waals surface area contributed by atoms with Crippen molar-refractivity contribution < 1.29 is 18.3 Å². The van der Waals surface area contributed by atoms with Crippen LogP contribution in [0.3, 0.4) is 0 Å². The summed E-state index contributed by atoms with van der Waals surface area (Å²) in [5.41, 5.74) is -1.32. The van der Waals surface area contributed by atoms with Gasteiger partial charge in [-0.25, -0.2) is 8.42 Å². The maximum atomic E-state index is 11.8. The van der Waals surface area contributed by atoms with E-state index in [2.05, 4.69) is 4.72 Å². The van der Waals surface area contributed by atoms with Crippen LogP contribution >= 0.6 is 0 Å². The lowest BCUT2D eigenvalue weighted by atomic mass is 9.78. The molecule has 0 aromatic rings. The molecule has 0 radical (unpaired) electrons. The Morgan fingerprint density at radius 2 is 1.88 bits per heavy atom. The van der Waals surface area contributed by atoms with Crippen LogP contribution in [-0.4, -0.2) is 30.8 Å². The Kier molecular flexibility index (Phi) is 3.88. The molecule has 1 saturated carbocycles. The first kappa shape index (κ1) is 14.4. The van der Waals surface area contributed by atoms with E-state index in [1.165, 1.54) is 0 Å². The monoisotopic (exact) mass is 263 g/mol. The molecule has 0 unspecified atom stereocenters. The maximum absolute atomic E-state index is 11.8. The van der Waals surface area contributed by atoms with Crippen molar-refractivity contribution in [1.29, 1.82) is 0 Å². The number of hydrogen-bond acceptors (Lipinski definition) is 3. The summed E-state index contributed by atoms with van der Waals surface area (Å²) in [5, 5.41) is 9.05. The molecular formula is C11H21NO4S. The summed E-state index contributed by atoms with van der Waals surface area (Å²) in [7, 11) is -3.51. The number of aliphatic carboxylic acids is 1. The predicted molar refractivity (Wildman–Crippen MR) is 65.2 cm³/mol. The van der Waals surface area contributed by atoms with Crippen LogP contribution in [0.4, 0.5) is 0 Å². The topological polar surface area (TPSA) is 83.5 Å². The number of carbonyl (C=O) groups is 1. The van der Waals surface area contributed by atoms with E-state index >= 15 is 0 Å². The van der Waals surface area contributed by atoms with Gasteiger partial charge < -0.3 is 5.11 Å². The Morgan fingerprint density at radius 3 is 2.18 bits per heavy atom. The zero-order valence-corrected chi connectivity index (χ0v) is 11.4. The summed E-state index contributed by atoms with van der Waals surface area (Å²) in [5.74, 6) is -1.09. The lowest BCUT2D eigenvalue weighted by Gasteiger charge is -2.38. The molecule has 0 aromatic carbocycles. The molecule has 5 nitrogen and oxygen atoms in total. The van der Waals surface area contributed by atoms with Gasteiger partial charge in [-0.2, -0.15) is 4.72 Å². The van der Waals surface area contributed by atoms with E-state index in [1.807, 2.05) is 20.8 Å². The van der Waals surface area contributed by atoms with Crippen LogP contribution in [0.2, 0.25) is 0 Å². The zero-order valence-electron chi connectivity index (χ0n) is 10.6. The van der Waals surface area contributed by atoms with Gasteiger partial charge in [-0.1, -0.05) is 20.8 Å². The van der Waals surface area contributed by atoms with Crippen LogP contribution in [0.5, 0.6) is 0 Å². The molecule has 0 amide bonds. The molecule has 1 aliphatic rings. The Hall–Kier alpha value is -0.620. The van der Waals surface area contributed by atoms with Gasteiger partial charge in [0, 0.05) is 0 Å². The molecule has 1 fully saturated rings. The molecule has 2 N–H and O–H groups in total. The molecule has 0 aliphatic heterocycles. The number of hydrogen-bond donors (Lipinski definition) is 2. The van der Waals surface area contributed by atoms with E-state index in [0.29, 0.717) is 19.3 Å². The van der Waals surface area contributed by atoms with Gasteiger partial charge in [0.05, 0.1) is 5.75 Å². The number of carboxylic acids is 1. The Bertz CT molecular complexity index is 390. The van der Waals surface area contributed by atoms with Crippen molar-refractivity contribution >= 4 is 16.0 Å². The van der Waals surface area contributed by atoms with Crippen molar-refractivity contribution in [3.05, 3.63) is 0 Å². The Balaban J connectivity index is 2.63. The molecule has 6 heteroatoms. The van der Waals surface area contributed by atoms with Gasteiger partial charge in [0.1, 0.15) is 5.54 Å². The SMILES string of the molecule is CC(C)(C)CCS(=O)(=O)NC1(C(=O)O)CCC1. The fourth-order valence-corrected chi connectivity index (χ4v) is 3.55. The average molecular weight is 263 g/mol. The van der Waals surface area contributed by atoms with Crippen LogP contribution in [-0.2, 0) is 14.8 Å². The third-order valence-electron chi connectivity index (χ3n) is 3.09. The van der Waals surface area contributed by atoms with Gasteiger partial charge in [-0.05, 0) is 31.1 Å². The molecule has 1 rings (SSSR count). The smallest absolute Gasteiger partial charge is 0.324 e. The number of carboxylic acid groups (broad SMARTS) is 1. The zero-order chi connectivity index (χ0) is 13.3. The van der Waals surface area contributed by atoms with Crippen LogP contribution in [0, 0.1) is 5.41 Å². The summed E-state index contributed by atoms with van der Waals surface area (Å²) in [6.45, 7) is 5.87. The lowest BCUT2D eigenvalue weighted by Crippen LogP contribution is -2.59. The second-order valence-corrected chi connectivity index (χ2v) is 7.81. The highest BCUT2D eigenvalue weighted by molar-refractivity contribution is 7.89. The number of nitrogens with one attached hydrogen (secondary N) is 1. The van der Waals surface area contributed by atoms with E-state index < -0.39 is 21.5 Å². The maximum Gasteiger partial charge on any atom is 0.324 e. The lowest BCUT2D eigenvalue weighted by molar-refractivity contribution is -0.147. The van der Waals surface area contributed by atoms with Crippen LogP contribution in [0.1, 0.15) is 46.5 Å². The Morgan fingerprint density at radius 1 is 1.35 bits per heavy atom. The summed E-state index contributed by atoms with van der Waals surface area (Å²) in [4.78, 5) is 11.1. The quantitative estimate of drug-likeness (QED) is 0.784. The standard InChI is InChI=1S/C11H21NO4S/c1-10(2,3)7-8-17(15,16)12-11(9(13)14)5-4-6-11/h12H,4-8H2,1-3H3,(H,13,14). The fraction of sp³-hybridized carbons (Fsp3) is 0.909. The van der Waals surface area contributed by atoms with Crippen molar-refractivity contribution in [2.24, 2.45) is 5.41 Å². The van der Waals surface area contributed by atoms with E-state index in [-0.39, 0.29) is 11.2 Å². The van der Waals surface area contributed by atoms with E-state index in [4.69, 9.17) is 5.11 Å². The van der Waals surface area contributed by atoms with Crippen molar-refractivity contribution in [3.63, 3.8) is 0 Å². The molecular weight excluding hydrogens is 242 g/mol. The molecule has 0 aromatic heterocycles. The minimum absolute atomic E-state index is 0.0223. The molecule has 17 heavy (non-hydrogen) atoms. The highest BCUT2D eigenvalue weighted by Gasteiger charge is 2.47. The molecule has 0 saturated heterocycles. The average Bonchev–Trinajstić information content (AvgIpc) is 2.07. The first-order valence-electron chi connectivity index (χ1n) is 5.81. The third-order valence-corrected chi connectivity index (χ3v) is 4.53. The number of sulfonamides is 1. The summed E-state index contributed by atoms with van der Waals surface area (Å²) >= 11 is 0. The van der Waals surface area contributed by atoms with Crippen LogP contribution < -0.4 is 4.72 Å². The first-order chi connectivity index (χ1) is 7.56. The molecule has 0 atom stereocenters. The molecule has 0 bridgehead atoms. The van der Waals surface area contributed by atoms with Crippen LogP contribution in [0.15, 0.2) is 0 Å². The second kappa shape index (κ2) is 4.57. The third kappa shape index (κ3) is 3.96. The summed E-state index contributed by atoms with van der Waals surface area (Å²) in [6.07, 6.45) is 2.04. The van der Waals surface area contributed by atoms with Gasteiger partial charge in [0.25, 0.3) is 0 Å². The van der Waals surface area contributed by atoms with Gasteiger partial charge in [-0.15, -0.1) is 0 Å². The predicted octanol–water partition coefficient (Wildman–Crippen LogP) is 1.35. The van der Waals surface area contributed by atoms with Crippen molar-refractivity contribution in [3.8, 4) is 0 Å². The highest BCUT2D eigenvalue weighted by Crippen LogP contribution is 2.33. The second-order valence-electron chi connectivity index (χ2n) is 5.97. The Labute approximate surface area is 103 Å². The van der Waals surface area contributed by atoms with Crippen LogP contribution in [0.25, 0.3) is 0 Å². The minimum atomic E-state index is -3.51. The summed E-state index contributed by atoms with van der Waals surface area (Å²) < 4.78 is 26.0. The van der Waals surface area contributed by atoms with E-state index in [9.17, 15) is 13.2 Å². The van der Waals surface area contributed by atoms with Gasteiger partial charge in [-0.3, -0.25) is 4.79 Å². The van der Waals surface area contributed by atoms with Crippen molar-refractivity contribution in [2.45, 2.75) is 52.0 Å². The molecule has 1 aliphatic carbocycles. The van der Waals surface area contributed by atoms with Gasteiger partial charge in [0.2, 0.25) is 10.0 Å². The van der Waals surface area contributed by atoms with Gasteiger partial charge >= 0.3 is 5.97 Å². The molecule has 0 heterocycles. The fourth-order valence-electron chi connectivity index (χ4n) is 1.68. The van der Waals surface area contributed by atoms with Crippen molar-refractivity contribution in [2.75, 3.05) is 5.75 Å². The normalized spacial score (nSPS) is 19.7. The largest absolute Gasteiger partial charge is 0.480 e. The summed E-state index contributed by atoms with van der Waals surface area (Å²) in [6, 6.07) is 0. The first-order valence-corrected chi connectivity index (χ1v) is 7.47. The van der Waals surface area contributed by atoms with Gasteiger partial charge in [0.15, 0.2) is 0 Å². The minimum Gasteiger partial charge on any atom is -0.480 e. The molecule has 0 spiro atoms. The molecule has 100 valence electrons. The highest BCUT2D eigenvalue weighted by atomic mass is 32.2. The van der Waals surface area contributed by atoms with Crippen molar-refractivity contribution in [1.82, 2.24) is 4.72 Å². The van der Waals surface area contributed by atoms with E-state index in [0.717, 1.165) is 6.42 Å². The number of rotatable bonds is 5.